The molecule has 5 heteroatoms. The van der Waals surface area contributed by atoms with Crippen molar-refractivity contribution in [2.75, 3.05) is 5.32 Å². The summed E-state index contributed by atoms with van der Waals surface area (Å²) in [5.41, 5.74) is 0.982. The number of aromatic carboxylic acids is 1. The van der Waals surface area contributed by atoms with Crippen LogP contribution in [0.15, 0.2) is 42.5 Å². The lowest BCUT2D eigenvalue weighted by molar-refractivity contribution is 0.0697. The van der Waals surface area contributed by atoms with E-state index in [2.05, 4.69) is 5.32 Å². The Labute approximate surface area is 108 Å². The molecule has 2 N–H and O–H groups in total. The van der Waals surface area contributed by atoms with Crippen LogP contribution in [0.1, 0.15) is 15.9 Å². The molecule has 0 bridgehead atoms. The molecule has 0 spiro atoms. The van der Waals surface area contributed by atoms with Crippen molar-refractivity contribution in [2.24, 2.45) is 0 Å². The summed E-state index contributed by atoms with van der Waals surface area (Å²) in [4.78, 5) is 10.8. The largest absolute Gasteiger partial charge is 0.478 e. The second-order valence-corrected chi connectivity index (χ2v) is 3.82. The number of rotatable bonds is 3. The Kier molecular flexibility index (Phi) is 3.44. The fourth-order valence-corrected chi connectivity index (χ4v) is 1.58. The predicted molar refractivity (Wildman–Crippen MR) is 67.8 cm³/mol. The van der Waals surface area contributed by atoms with Gasteiger partial charge < -0.3 is 10.4 Å². The molecule has 4 nitrogen and oxygen atoms in total. The van der Waals surface area contributed by atoms with Crippen molar-refractivity contribution < 1.29 is 14.3 Å². The SMILES string of the molecule is N#Cc1cccc(Nc2cc(C(=O)O)ccc2F)c1. The summed E-state index contributed by atoms with van der Waals surface area (Å²) in [6, 6.07) is 11.9. The molecule has 2 aromatic rings. The number of nitriles is 1. The van der Waals surface area contributed by atoms with Gasteiger partial charge in [0.25, 0.3) is 0 Å². The normalized spacial score (nSPS) is 9.68. The molecule has 19 heavy (non-hydrogen) atoms. The molecule has 0 aromatic heterocycles. The minimum Gasteiger partial charge on any atom is -0.478 e. The van der Waals surface area contributed by atoms with Gasteiger partial charge in [-0.2, -0.15) is 5.26 Å². The van der Waals surface area contributed by atoms with Gasteiger partial charge in [0.15, 0.2) is 0 Å². The van der Waals surface area contributed by atoms with Crippen LogP contribution in [0.2, 0.25) is 0 Å². The second-order valence-electron chi connectivity index (χ2n) is 3.82. The molecule has 0 aliphatic heterocycles. The van der Waals surface area contributed by atoms with Gasteiger partial charge in [-0.1, -0.05) is 6.07 Å². The minimum absolute atomic E-state index is 0.0136. The number of carboxylic acid groups (broad SMARTS) is 1. The van der Waals surface area contributed by atoms with E-state index in [1.165, 1.54) is 12.1 Å². The van der Waals surface area contributed by atoms with Gasteiger partial charge in [-0.15, -0.1) is 0 Å². The van der Waals surface area contributed by atoms with E-state index in [1.807, 2.05) is 6.07 Å². The van der Waals surface area contributed by atoms with Crippen LogP contribution in [0, 0.1) is 17.1 Å². The third-order valence-electron chi connectivity index (χ3n) is 2.48. The lowest BCUT2D eigenvalue weighted by Gasteiger charge is -2.08. The van der Waals surface area contributed by atoms with Crippen molar-refractivity contribution in [2.45, 2.75) is 0 Å². The number of benzene rings is 2. The van der Waals surface area contributed by atoms with E-state index in [0.717, 1.165) is 6.07 Å². The first kappa shape index (κ1) is 12.6. The van der Waals surface area contributed by atoms with E-state index in [0.29, 0.717) is 11.3 Å². The van der Waals surface area contributed by atoms with E-state index < -0.39 is 11.8 Å². The van der Waals surface area contributed by atoms with Crippen LogP contribution >= 0.6 is 0 Å². The van der Waals surface area contributed by atoms with Crippen LogP contribution in [0.4, 0.5) is 15.8 Å². The zero-order valence-electron chi connectivity index (χ0n) is 9.72. The molecular weight excluding hydrogens is 247 g/mol. The number of carbonyl (C=O) groups is 1. The lowest BCUT2D eigenvalue weighted by Crippen LogP contribution is -2.00. The van der Waals surface area contributed by atoms with Gasteiger partial charge in [0.2, 0.25) is 0 Å². The molecule has 2 aromatic carbocycles. The number of halogens is 1. The van der Waals surface area contributed by atoms with Crippen LogP contribution < -0.4 is 5.32 Å². The van der Waals surface area contributed by atoms with Gasteiger partial charge in [0.05, 0.1) is 22.9 Å². The van der Waals surface area contributed by atoms with Gasteiger partial charge in [-0.25, -0.2) is 9.18 Å². The summed E-state index contributed by atoms with van der Waals surface area (Å²) < 4.78 is 13.6. The fourth-order valence-electron chi connectivity index (χ4n) is 1.58. The zero-order chi connectivity index (χ0) is 13.8. The Morgan fingerprint density at radius 2 is 2.05 bits per heavy atom. The second kappa shape index (κ2) is 5.19. The molecule has 0 unspecified atom stereocenters. The summed E-state index contributed by atoms with van der Waals surface area (Å²) in [5.74, 6) is -1.69. The molecule has 0 heterocycles. The van der Waals surface area contributed by atoms with E-state index in [-0.39, 0.29) is 11.3 Å². The van der Waals surface area contributed by atoms with Crippen LogP contribution in [-0.2, 0) is 0 Å². The quantitative estimate of drug-likeness (QED) is 0.884. The molecule has 0 fully saturated rings. The number of hydrogen-bond acceptors (Lipinski definition) is 3. The summed E-state index contributed by atoms with van der Waals surface area (Å²) in [7, 11) is 0. The van der Waals surface area contributed by atoms with Crippen LogP contribution in [0.5, 0.6) is 0 Å². The van der Waals surface area contributed by atoms with Gasteiger partial charge in [0, 0.05) is 5.69 Å². The van der Waals surface area contributed by atoms with Crippen molar-refractivity contribution in [1.82, 2.24) is 0 Å². The molecule has 0 amide bonds. The smallest absolute Gasteiger partial charge is 0.335 e. The topological polar surface area (TPSA) is 73.1 Å². The number of nitrogens with one attached hydrogen (secondary N) is 1. The monoisotopic (exact) mass is 256 g/mol. The van der Waals surface area contributed by atoms with Gasteiger partial charge in [0.1, 0.15) is 5.82 Å². The summed E-state index contributed by atoms with van der Waals surface area (Å²) in [6.07, 6.45) is 0. The maximum atomic E-state index is 13.6. The average Bonchev–Trinajstić information content (AvgIpc) is 2.41. The van der Waals surface area contributed by atoms with Gasteiger partial charge >= 0.3 is 5.97 Å². The third kappa shape index (κ3) is 2.87. The van der Waals surface area contributed by atoms with E-state index in [9.17, 15) is 9.18 Å². The van der Waals surface area contributed by atoms with Crippen molar-refractivity contribution in [3.8, 4) is 6.07 Å². The first-order valence-electron chi connectivity index (χ1n) is 5.40. The van der Waals surface area contributed by atoms with Crippen LogP contribution in [0.3, 0.4) is 0 Å². The summed E-state index contributed by atoms with van der Waals surface area (Å²) in [6.45, 7) is 0. The first-order valence-corrected chi connectivity index (χ1v) is 5.40. The molecule has 94 valence electrons. The summed E-state index contributed by atoms with van der Waals surface area (Å²) >= 11 is 0. The highest BCUT2D eigenvalue weighted by atomic mass is 19.1. The maximum absolute atomic E-state index is 13.6. The van der Waals surface area contributed by atoms with Crippen molar-refractivity contribution in [1.29, 1.82) is 5.26 Å². The van der Waals surface area contributed by atoms with E-state index >= 15 is 0 Å². The maximum Gasteiger partial charge on any atom is 0.335 e. The molecule has 0 atom stereocenters. The van der Waals surface area contributed by atoms with Gasteiger partial charge in [-0.3, -0.25) is 0 Å². The molecule has 0 saturated carbocycles. The highest BCUT2D eigenvalue weighted by Gasteiger charge is 2.08. The lowest BCUT2D eigenvalue weighted by atomic mass is 10.1. The number of carboxylic acids is 1. The molecule has 0 aliphatic carbocycles. The highest BCUT2D eigenvalue weighted by Crippen LogP contribution is 2.22. The number of anilines is 2. The van der Waals surface area contributed by atoms with Crippen molar-refractivity contribution in [3.05, 3.63) is 59.4 Å². The molecule has 0 radical (unpaired) electrons. The zero-order valence-corrected chi connectivity index (χ0v) is 9.72. The Bertz CT molecular complexity index is 677. The Morgan fingerprint density at radius 1 is 1.26 bits per heavy atom. The number of nitrogens with zero attached hydrogens (tertiary/aromatic N) is 1. The molecular formula is C14H9FN2O2. The first-order chi connectivity index (χ1) is 9.10. The Morgan fingerprint density at radius 3 is 2.74 bits per heavy atom. The van der Waals surface area contributed by atoms with Crippen molar-refractivity contribution in [3.63, 3.8) is 0 Å². The van der Waals surface area contributed by atoms with E-state index in [4.69, 9.17) is 10.4 Å². The van der Waals surface area contributed by atoms with Gasteiger partial charge in [-0.05, 0) is 36.4 Å². The van der Waals surface area contributed by atoms with Crippen LogP contribution in [0.25, 0.3) is 0 Å². The van der Waals surface area contributed by atoms with E-state index in [1.54, 1.807) is 24.3 Å². The third-order valence-corrected chi connectivity index (χ3v) is 2.48. The standard InChI is InChI=1S/C14H9FN2O2/c15-12-5-4-10(14(18)19)7-13(12)17-11-3-1-2-9(6-11)8-16/h1-7,17H,(H,18,19). The molecule has 0 saturated heterocycles. The number of hydrogen-bond donors (Lipinski definition) is 2. The predicted octanol–water partition coefficient (Wildman–Crippen LogP) is 3.14. The minimum atomic E-state index is -1.13. The van der Waals surface area contributed by atoms with Crippen LogP contribution in [-0.4, -0.2) is 11.1 Å². The Hall–Kier alpha value is -2.87. The Balaban J connectivity index is 2.34. The molecule has 0 aliphatic rings. The fraction of sp³-hybridized carbons (Fsp3) is 0. The molecule has 2 rings (SSSR count). The van der Waals surface area contributed by atoms with Crippen molar-refractivity contribution >= 4 is 17.3 Å². The summed E-state index contributed by atoms with van der Waals surface area (Å²) in [5, 5.41) is 20.4. The highest BCUT2D eigenvalue weighted by molar-refractivity contribution is 5.89. The average molecular weight is 256 g/mol.